The third kappa shape index (κ3) is 8.43. The van der Waals surface area contributed by atoms with Crippen LogP contribution in [-0.2, 0) is 18.4 Å². The molecule has 7 heteroatoms. The number of carbonyl (C=O) groups is 1. The summed E-state index contributed by atoms with van der Waals surface area (Å²) in [6.45, 7) is 16.5. The fourth-order valence-corrected chi connectivity index (χ4v) is 3.30. The summed E-state index contributed by atoms with van der Waals surface area (Å²) in [7, 11) is -3.62. The van der Waals surface area contributed by atoms with Gasteiger partial charge < -0.3 is 18.7 Å². The molecule has 0 amide bonds. The van der Waals surface area contributed by atoms with Crippen molar-refractivity contribution in [3.8, 4) is 0 Å². The molecule has 0 heterocycles. The Labute approximate surface area is 137 Å². The first-order valence-corrected chi connectivity index (χ1v) is 14.8. The van der Waals surface area contributed by atoms with Crippen LogP contribution in [0.1, 0.15) is 20.3 Å². The van der Waals surface area contributed by atoms with E-state index in [4.69, 9.17) is 13.6 Å². The lowest BCUT2D eigenvalue weighted by molar-refractivity contribution is -0.165. The van der Waals surface area contributed by atoms with E-state index in [0.29, 0.717) is 13.0 Å². The molecule has 0 aromatic carbocycles. The molecule has 0 aliphatic heterocycles. The first-order chi connectivity index (χ1) is 9.84. The van der Waals surface area contributed by atoms with Crippen LogP contribution in [0.4, 0.5) is 0 Å². The SMILES string of the molecule is CCOC(=O)C(CC)C(O)(CO[Si](C)(C)C)CO[Si](C)(C)C. The van der Waals surface area contributed by atoms with Crippen molar-refractivity contribution >= 4 is 22.6 Å². The Morgan fingerprint density at radius 1 is 1.00 bits per heavy atom. The minimum atomic E-state index is -1.81. The molecule has 0 spiro atoms. The van der Waals surface area contributed by atoms with Gasteiger partial charge >= 0.3 is 5.97 Å². The second-order valence-corrected chi connectivity index (χ2v) is 16.6. The standard InChI is InChI=1S/C15H34O5Si2/c1-9-13(14(16)18-10-2)15(17,11-19-21(3,4)5)12-20-22(6,7)8/h13,17H,9-12H2,1-8H3. The molecule has 0 saturated heterocycles. The molecular weight excluding hydrogens is 316 g/mol. The summed E-state index contributed by atoms with van der Waals surface area (Å²) in [4.78, 5) is 12.2. The van der Waals surface area contributed by atoms with Gasteiger partial charge in [0, 0.05) is 0 Å². The van der Waals surface area contributed by atoms with Crippen LogP contribution in [0.2, 0.25) is 39.3 Å². The second-order valence-electron chi connectivity index (χ2n) is 7.62. The predicted octanol–water partition coefficient (Wildman–Crippen LogP) is 3.01. The van der Waals surface area contributed by atoms with Gasteiger partial charge in [-0.05, 0) is 52.6 Å². The van der Waals surface area contributed by atoms with Gasteiger partial charge in [0.15, 0.2) is 16.6 Å². The lowest BCUT2D eigenvalue weighted by Gasteiger charge is -2.37. The Morgan fingerprint density at radius 3 is 1.68 bits per heavy atom. The van der Waals surface area contributed by atoms with E-state index in [1.54, 1.807) is 6.92 Å². The molecule has 0 aliphatic carbocycles. The van der Waals surface area contributed by atoms with Crippen LogP contribution in [0, 0.1) is 5.92 Å². The molecule has 0 rings (SSSR count). The van der Waals surface area contributed by atoms with E-state index in [-0.39, 0.29) is 19.2 Å². The summed E-state index contributed by atoms with van der Waals surface area (Å²) < 4.78 is 16.9. The topological polar surface area (TPSA) is 65.0 Å². The van der Waals surface area contributed by atoms with E-state index in [9.17, 15) is 9.90 Å². The molecule has 5 nitrogen and oxygen atoms in total. The fourth-order valence-electron chi connectivity index (χ4n) is 1.93. The zero-order valence-electron chi connectivity index (χ0n) is 15.5. The van der Waals surface area contributed by atoms with Crippen LogP contribution >= 0.6 is 0 Å². The maximum absolute atomic E-state index is 12.2. The second kappa shape index (κ2) is 8.58. The highest BCUT2D eigenvalue weighted by atomic mass is 28.4. The van der Waals surface area contributed by atoms with Crippen LogP contribution < -0.4 is 0 Å². The van der Waals surface area contributed by atoms with Gasteiger partial charge in [0.1, 0.15) is 5.60 Å². The molecule has 0 bridgehead atoms. The van der Waals surface area contributed by atoms with Crippen molar-refractivity contribution in [1.82, 2.24) is 0 Å². The van der Waals surface area contributed by atoms with Crippen molar-refractivity contribution in [3.05, 3.63) is 0 Å². The van der Waals surface area contributed by atoms with Crippen molar-refractivity contribution in [3.63, 3.8) is 0 Å². The summed E-state index contributed by atoms with van der Waals surface area (Å²) in [6.07, 6.45) is 0.486. The molecule has 0 aliphatic rings. The molecule has 0 aromatic heterocycles. The van der Waals surface area contributed by atoms with Gasteiger partial charge in [0.2, 0.25) is 0 Å². The van der Waals surface area contributed by atoms with E-state index >= 15 is 0 Å². The lowest BCUT2D eigenvalue weighted by atomic mass is 9.86. The van der Waals surface area contributed by atoms with E-state index in [2.05, 4.69) is 39.3 Å². The molecule has 1 unspecified atom stereocenters. The van der Waals surface area contributed by atoms with E-state index < -0.39 is 28.2 Å². The number of hydrogen-bond acceptors (Lipinski definition) is 5. The number of carbonyl (C=O) groups excluding carboxylic acids is 1. The molecule has 132 valence electrons. The molecule has 1 atom stereocenters. The third-order valence-electron chi connectivity index (χ3n) is 3.14. The zero-order valence-corrected chi connectivity index (χ0v) is 17.5. The van der Waals surface area contributed by atoms with Crippen LogP contribution in [0.15, 0.2) is 0 Å². The van der Waals surface area contributed by atoms with Crippen molar-refractivity contribution in [2.75, 3.05) is 19.8 Å². The van der Waals surface area contributed by atoms with Gasteiger partial charge in [0.25, 0.3) is 0 Å². The molecule has 22 heavy (non-hydrogen) atoms. The average Bonchev–Trinajstić information content (AvgIpc) is 2.34. The predicted molar refractivity (Wildman–Crippen MR) is 94.0 cm³/mol. The van der Waals surface area contributed by atoms with Gasteiger partial charge in [-0.25, -0.2) is 0 Å². The van der Waals surface area contributed by atoms with Crippen molar-refractivity contribution in [1.29, 1.82) is 0 Å². The summed E-state index contributed by atoms with van der Waals surface area (Å²) in [5, 5.41) is 11.1. The lowest BCUT2D eigenvalue weighted by Crippen LogP contribution is -2.53. The largest absolute Gasteiger partial charge is 0.466 e. The Morgan fingerprint density at radius 2 is 1.41 bits per heavy atom. The highest BCUT2D eigenvalue weighted by Gasteiger charge is 2.43. The average molecular weight is 351 g/mol. The van der Waals surface area contributed by atoms with E-state index in [1.807, 2.05) is 6.92 Å². The summed E-state index contributed by atoms with van der Waals surface area (Å²) >= 11 is 0. The maximum Gasteiger partial charge on any atom is 0.312 e. The number of rotatable bonds is 10. The van der Waals surface area contributed by atoms with Gasteiger partial charge in [-0.15, -0.1) is 0 Å². The summed E-state index contributed by atoms with van der Waals surface area (Å²) in [5.41, 5.74) is -1.35. The normalized spacial score (nSPS) is 14.8. The smallest absolute Gasteiger partial charge is 0.312 e. The fraction of sp³-hybridized carbons (Fsp3) is 0.933. The molecule has 0 aromatic rings. The number of esters is 1. The third-order valence-corrected chi connectivity index (χ3v) is 5.16. The minimum absolute atomic E-state index is 0.102. The van der Waals surface area contributed by atoms with Crippen LogP contribution in [0.25, 0.3) is 0 Å². The summed E-state index contributed by atoms with van der Waals surface area (Å²) in [6, 6.07) is 0. The molecule has 0 radical (unpaired) electrons. The highest BCUT2D eigenvalue weighted by molar-refractivity contribution is 6.70. The Balaban J connectivity index is 5.21. The zero-order chi connectivity index (χ0) is 17.6. The van der Waals surface area contributed by atoms with E-state index in [1.165, 1.54) is 0 Å². The van der Waals surface area contributed by atoms with Gasteiger partial charge in [-0.2, -0.15) is 0 Å². The number of ether oxygens (including phenoxy) is 1. The monoisotopic (exact) mass is 350 g/mol. The Hall–Kier alpha value is -0.216. The number of hydrogen-bond donors (Lipinski definition) is 1. The van der Waals surface area contributed by atoms with Crippen molar-refractivity contribution < 1.29 is 23.5 Å². The molecule has 1 N–H and O–H groups in total. The van der Waals surface area contributed by atoms with Crippen LogP contribution in [-0.4, -0.2) is 53.1 Å². The van der Waals surface area contributed by atoms with Gasteiger partial charge in [0.05, 0.1) is 25.7 Å². The first-order valence-electron chi connectivity index (χ1n) is 8.01. The Bertz CT molecular complexity index is 329. The van der Waals surface area contributed by atoms with Crippen LogP contribution in [0.5, 0.6) is 0 Å². The Kier molecular flexibility index (Phi) is 8.50. The van der Waals surface area contributed by atoms with Gasteiger partial charge in [-0.3, -0.25) is 4.79 Å². The highest BCUT2D eigenvalue weighted by Crippen LogP contribution is 2.26. The quantitative estimate of drug-likeness (QED) is 0.485. The first kappa shape index (κ1) is 21.8. The molecule has 0 saturated carbocycles. The van der Waals surface area contributed by atoms with Crippen LogP contribution in [0.3, 0.4) is 0 Å². The minimum Gasteiger partial charge on any atom is -0.466 e. The van der Waals surface area contributed by atoms with Gasteiger partial charge in [-0.1, -0.05) is 6.92 Å². The van der Waals surface area contributed by atoms with Crippen molar-refractivity contribution in [2.45, 2.75) is 65.2 Å². The molecular formula is C15H34O5Si2. The number of aliphatic hydroxyl groups is 1. The van der Waals surface area contributed by atoms with E-state index in [0.717, 1.165) is 0 Å². The van der Waals surface area contributed by atoms with Crippen molar-refractivity contribution in [2.24, 2.45) is 5.92 Å². The maximum atomic E-state index is 12.2. The molecule has 0 fully saturated rings. The summed E-state index contributed by atoms with van der Waals surface area (Å²) in [5.74, 6) is -1.02.